The number of likely N-dealkylation sites (tertiary alicyclic amines) is 1. The Morgan fingerprint density at radius 1 is 1.30 bits per heavy atom. The Balaban J connectivity index is 1.89. The lowest BCUT2D eigenvalue weighted by Crippen LogP contribution is -2.47. The van der Waals surface area contributed by atoms with Gasteiger partial charge in [0.2, 0.25) is 10.0 Å². The fraction of sp³-hybridized carbons (Fsp3) is 0.571. The second kappa shape index (κ2) is 7.41. The van der Waals surface area contributed by atoms with Gasteiger partial charge in [0.15, 0.2) is 0 Å². The van der Waals surface area contributed by atoms with Crippen LogP contribution in [0.15, 0.2) is 30.3 Å². The Morgan fingerprint density at radius 3 is 2.75 bits per heavy atom. The largest absolute Gasteiger partial charge is 0.298 e. The van der Waals surface area contributed by atoms with Gasteiger partial charge >= 0.3 is 0 Å². The molecule has 0 aliphatic carbocycles. The molecule has 1 N–H and O–H groups in total. The number of hydrogen-bond acceptors (Lipinski definition) is 3. The molecule has 0 bridgehead atoms. The fourth-order valence-electron chi connectivity index (χ4n) is 2.55. The molecule has 1 fully saturated rings. The number of benzene rings is 1. The molecule has 1 aromatic carbocycles. The first-order chi connectivity index (χ1) is 9.59. The zero-order valence-electron chi connectivity index (χ0n) is 11.5. The predicted molar refractivity (Wildman–Crippen MR) is 82.4 cm³/mol. The summed E-state index contributed by atoms with van der Waals surface area (Å²) in [6.07, 6.45) is 1.91. The highest BCUT2D eigenvalue weighted by molar-refractivity contribution is 7.89. The lowest BCUT2D eigenvalue weighted by atomic mass is 10.1. The number of nitrogens with zero attached hydrogens (tertiary/aromatic N) is 1. The van der Waals surface area contributed by atoms with Crippen molar-refractivity contribution in [2.24, 2.45) is 0 Å². The zero-order chi connectivity index (χ0) is 14.4. The van der Waals surface area contributed by atoms with Crippen molar-refractivity contribution < 1.29 is 8.42 Å². The van der Waals surface area contributed by atoms with E-state index in [0.717, 1.165) is 32.5 Å². The highest BCUT2D eigenvalue weighted by Crippen LogP contribution is 2.14. The van der Waals surface area contributed by atoms with E-state index in [1.54, 1.807) is 0 Å². The van der Waals surface area contributed by atoms with E-state index in [0.29, 0.717) is 0 Å². The van der Waals surface area contributed by atoms with Gasteiger partial charge < -0.3 is 0 Å². The van der Waals surface area contributed by atoms with Gasteiger partial charge in [0.05, 0.1) is 5.75 Å². The van der Waals surface area contributed by atoms with Gasteiger partial charge in [0.25, 0.3) is 0 Å². The van der Waals surface area contributed by atoms with Crippen molar-refractivity contribution in [3.8, 4) is 0 Å². The minimum absolute atomic E-state index is 0.000629. The molecule has 0 amide bonds. The van der Waals surface area contributed by atoms with Crippen molar-refractivity contribution in [2.75, 3.05) is 24.7 Å². The summed E-state index contributed by atoms with van der Waals surface area (Å²) >= 11 is 5.51. The molecule has 0 aromatic heterocycles. The van der Waals surface area contributed by atoms with Gasteiger partial charge in [-0.15, -0.1) is 11.6 Å². The van der Waals surface area contributed by atoms with Gasteiger partial charge in [-0.05, 0) is 24.9 Å². The van der Waals surface area contributed by atoms with E-state index >= 15 is 0 Å². The van der Waals surface area contributed by atoms with Crippen LogP contribution in [0.5, 0.6) is 0 Å². The third kappa shape index (κ3) is 5.05. The van der Waals surface area contributed by atoms with E-state index < -0.39 is 10.0 Å². The highest BCUT2D eigenvalue weighted by Gasteiger charge is 2.23. The van der Waals surface area contributed by atoms with Crippen LogP contribution in [-0.4, -0.2) is 44.1 Å². The van der Waals surface area contributed by atoms with E-state index in [9.17, 15) is 8.42 Å². The Hall–Kier alpha value is -0.620. The summed E-state index contributed by atoms with van der Waals surface area (Å²) in [7, 11) is -3.24. The van der Waals surface area contributed by atoms with E-state index in [4.69, 9.17) is 11.6 Å². The monoisotopic (exact) mass is 316 g/mol. The number of alkyl halides is 1. The van der Waals surface area contributed by atoms with Crippen LogP contribution in [0, 0.1) is 0 Å². The SMILES string of the molecule is O=S(=O)(CCCl)NC1CCCN(Cc2ccccc2)C1. The van der Waals surface area contributed by atoms with Gasteiger partial charge in [-0.25, -0.2) is 13.1 Å². The van der Waals surface area contributed by atoms with Gasteiger partial charge in [-0.2, -0.15) is 0 Å². The maximum absolute atomic E-state index is 11.7. The van der Waals surface area contributed by atoms with Crippen molar-refractivity contribution in [1.82, 2.24) is 9.62 Å². The number of piperidine rings is 1. The van der Waals surface area contributed by atoms with Crippen molar-refractivity contribution in [3.63, 3.8) is 0 Å². The maximum Gasteiger partial charge on any atom is 0.213 e. The number of sulfonamides is 1. The van der Waals surface area contributed by atoms with Crippen molar-refractivity contribution in [1.29, 1.82) is 0 Å². The van der Waals surface area contributed by atoms with Gasteiger partial charge in [-0.1, -0.05) is 30.3 Å². The van der Waals surface area contributed by atoms with E-state index in [1.807, 2.05) is 18.2 Å². The lowest BCUT2D eigenvalue weighted by Gasteiger charge is -2.33. The summed E-state index contributed by atoms with van der Waals surface area (Å²) in [6.45, 7) is 2.65. The smallest absolute Gasteiger partial charge is 0.213 e. The topological polar surface area (TPSA) is 49.4 Å². The number of halogens is 1. The van der Waals surface area contributed by atoms with Gasteiger partial charge in [-0.3, -0.25) is 4.90 Å². The average molecular weight is 317 g/mol. The normalized spacial score (nSPS) is 20.9. The van der Waals surface area contributed by atoms with Crippen LogP contribution in [0.3, 0.4) is 0 Å². The molecule has 0 saturated carbocycles. The summed E-state index contributed by atoms with van der Waals surface area (Å²) in [5.74, 6) is 0.125. The van der Waals surface area contributed by atoms with Crippen LogP contribution in [0.2, 0.25) is 0 Å². The molecule has 1 heterocycles. The zero-order valence-corrected chi connectivity index (χ0v) is 13.0. The number of hydrogen-bond donors (Lipinski definition) is 1. The molecule has 1 aromatic rings. The van der Waals surface area contributed by atoms with Crippen LogP contribution in [-0.2, 0) is 16.6 Å². The van der Waals surface area contributed by atoms with Gasteiger partial charge in [0.1, 0.15) is 0 Å². The van der Waals surface area contributed by atoms with Crippen LogP contribution in [0.25, 0.3) is 0 Å². The van der Waals surface area contributed by atoms with Crippen LogP contribution >= 0.6 is 11.6 Å². The van der Waals surface area contributed by atoms with Crippen molar-refractivity contribution in [2.45, 2.75) is 25.4 Å². The quantitative estimate of drug-likeness (QED) is 0.814. The molecule has 1 unspecified atom stereocenters. The summed E-state index contributed by atoms with van der Waals surface area (Å²) in [4.78, 5) is 2.30. The second-order valence-corrected chi connectivity index (χ2v) is 7.44. The van der Waals surface area contributed by atoms with E-state index in [-0.39, 0.29) is 17.7 Å². The fourth-order valence-corrected chi connectivity index (χ4v) is 4.18. The van der Waals surface area contributed by atoms with Crippen LogP contribution < -0.4 is 4.72 Å². The molecule has 4 nitrogen and oxygen atoms in total. The van der Waals surface area contributed by atoms with Gasteiger partial charge in [0, 0.05) is 25.0 Å². The molecule has 1 saturated heterocycles. The molecule has 112 valence electrons. The molecule has 6 heteroatoms. The molecule has 1 aliphatic heterocycles. The third-order valence-corrected chi connectivity index (χ3v) is 5.29. The Labute approximate surface area is 126 Å². The molecule has 1 atom stereocenters. The maximum atomic E-state index is 11.7. The summed E-state index contributed by atoms with van der Waals surface area (Å²) in [5.41, 5.74) is 1.26. The van der Waals surface area contributed by atoms with Crippen molar-refractivity contribution >= 4 is 21.6 Å². The second-order valence-electron chi connectivity index (χ2n) is 5.19. The molecule has 0 radical (unpaired) electrons. The minimum Gasteiger partial charge on any atom is -0.298 e. The number of rotatable bonds is 6. The minimum atomic E-state index is -3.24. The standard InChI is InChI=1S/C14H21ClN2O2S/c15-8-10-20(18,19)16-14-7-4-9-17(12-14)11-13-5-2-1-3-6-13/h1-3,5-6,14,16H,4,7-12H2. The average Bonchev–Trinajstić information content (AvgIpc) is 2.39. The molecule has 20 heavy (non-hydrogen) atoms. The first-order valence-corrected chi connectivity index (χ1v) is 9.10. The van der Waals surface area contributed by atoms with Crippen LogP contribution in [0.1, 0.15) is 18.4 Å². The first kappa shape index (κ1) is 15.8. The molecule has 2 rings (SSSR count). The number of nitrogens with one attached hydrogen (secondary N) is 1. The predicted octanol–water partition coefficient (Wildman–Crippen LogP) is 1.81. The first-order valence-electron chi connectivity index (χ1n) is 6.91. The van der Waals surface area contributed by atoms with Crippen molar-refractivity contribution in [3.05, 3.63) is 35.9 Å². The summed E-state index contributed by atoms with van der Waals surface area (Å²) in [6, 6.07) is 10.3. The molecular formula is C14H21ClN2O2S. The Bertz CT molecular complexity index is 507. The van der Waals surface area contributed by atoms with Crippen LogP contribution in [0.4, 0.5) is 0 Å². The molecule has 1 aliphatic rings. The lowest BCUT2D eigenvalue weighted by molar-refractivity contribution is 0.194. The van der Waals surface area contributed by atoms with E-state index in [1.165, 1.54) is 5.56 Å². The molecular weight excluding hydrogens is 296 g/mol. The highest BCUT2D eigenvalue weighted by atomic mass is 35.5. The molecule has 0 spiro atoms. The van der Waals surface area contributed by atoms with E-state index in [2.05, 4.69) is 21.8 Å². The Kier molecular flexibility index (Phi) is 5.84. The summed E-state index contributed by atoms with van der Waals surface area (Å²) < 4.78 is 26.3. The Morgan fingerprint density at radius 2 is 2.05 bits per heavy atom. The summed E-state index contributed by atoms with van der Waals surface area (Å²) in [5, 5.41) is 0. The third-order valence-electron chi connectivity index (χ3n) is 3.45.